The molecule has 114 valence electrons. The Morgan fingerprint density at radius 1 is 1.41 bits per heavy atom. The van der Waals surface area contributed by atoms with Crippen molar-refractivity contribution in [2.75, 3.05) is 7.11 Å². The van der Waals surface area contributed by atoms with Crippen LogP contribution in [0, 0.1) is 16.0 Å². The monoisotopic (exact) mass is 300 g/mol. The molecule has 0 saturated carbocycles. The first-order valence-electron chi connectivity index (χ1n) is 7.11. The topological polar surface area (TPSA) is 74.4 Å². The lowest BCUT2D eigenvalue weighted by Gasteiger charge is -2.27. The number of methoxy groups -OCH3 is 1. The molecule has 2 aromatic rings. The fraction of sp³-hybridized carbons (Fsp3) is 0.312. The van der Waals surface area contributed by atoms with Gasteiger partial charge in [0.1, 0.15) is 0 Å². The number of nitro benzene ring substituents is 1. The van der Waals surface area contributed by atoms with Crippen LogP contribution in [-0.4, -0.2) is 22.6 Å². The fourth-order valence-corrected chi connectivity index (χ4v) is 3.04. The quantitative estimate of drug-likeness (QED) is 0.377. The van der Waals surface area contributed by atoms with E-state index in [0.717, 1.165) is 23.7 Å². The van der Waals surface area contributed by atoms with Gasteiger partial charge in [-0.1, -0.05) is 12.2 Å². The number of hydrogen-bond acceptors (Lipinski definition) is 4. The second-order valence-electron chi connectivity index (χ2n) is 5.35. The number of fused-ring (bicyclic) bond motifs is 1. The average Bonchev–Trinajstić information content (AvgIpc) is 2.97. The van der Waals surface area contributed by atoms with E-state index in [1.165, 1.54) is 13.2 Å². The highest BCUT2D eigenvalue weighted by atomic mass is 16.6. The van der Waals surface area contributed by atoms with Crippen LogP contribution in [0.5, 0.6) is 0 Å². The Labute approximate surface area is 127 Å². The van der Waals surface area contributed by atoms with E-state index in [-0.39, 0.29) is 23.6 Å². The SMILES string of the molecule is COC(=O)C1CCC=CC1n1ccc2cc([N+](=O)[O-])ccc21. The zero-order chi connectivity index (χ0) is 15.7. The lowest BCUT2D eigenvalue weighted by Crippen LogP contribution is -2.27. The van der Waals surface area contributed by atoms with Crippen molar-refractivity contribution in [2.24, 2.45) is 5.92 Å². The van der Waals surface area contributed by atoms with Gasteiger partial charge in [-0.05, 0) is 25.0 Å². The standard InChI is InChI=1S/C16H16N2O4/c1-22-16(19)13-4-2-3-5-15(13)17-9-8-11-10-12(18(20)21)6-7-14(11)17/h3,5-10,13,15H,2,4H2,1H3. The molecular formula is C16H16N2O4. The smallest absolute Gasteiger partial charge is 0.311 e. The number of benzene rings is 1. The summed E-state index contributed by atoms with van der Waals surface area (Å²) in [6.45, 7) is 0. The van der Waals surface area contributed by atoms with Gasteiger partial charge in [0.25, 0.3) is 5.69 Å². The molecule has 22 heavy (non-hydrogen) atoms. The van der Waals surface area contributed by atoms with Crippen LogP contribution in [0.15, 0.2) is 42.6 Å². The second-order valence-corrected chi connectivity index (χ2v) is 5.35. The van der Waals surface area contributed by atoms with Crippen LogP contribution >= 0.6 is 0 Å². The first-order chi connectivity index (χ1) is 10.6. The van der Waals surface area contributed by atoms with E-state index in [9.17, 15) is 14.9 Å². The number of nitrogens with zero attached hydrogens (tertiary/aromatic N) is 2. The highest BCUT2D eigenvalue weighted by molar-refractivity contribution is 5.83. The largest absolute Gasteiger partial charge is 0.469 e. The minimum atomic E-state index is -0.408. The van der Waals surface area contributed by atoms with Gasteiger partial charge < -0.3 is 9.30 Å². The summed E-state index contributed by atoms with van der Waals surface area (Å²) in [5.41, 5.74) is 0.935. The number of hydrogen-bond donors (Lipinski definition) is 0. The highest BCUT2D eigenvalue weighted by Crippen LogP contribution is 2.34. The Hall–Kier alpha value is -2.63. The number of carbonyl (C=O) groups excluding carboxylic acids is 1. The van der Waals surface area contributed by atoms with Crippen LogP contribution in [0.1, 0.15) is 18.9 Å². The molecule has 1 heterocycles. The first kappa shape index (κ1) is 14.3. The van der Waals surface area contributed by atoms with Gasteiger partial charge in [0.2, 0.25) is 0 Å². The minimum absolute atomic E-state index is 0.0638. The lowest BCUT2D eigenvalue weighted by molar-refractivity contribution is -0.384. The molecule has 1 aliphatic carbocycles. The van der Waals surface area contributed by atoms with Gasteiger partial charge in [-0.15, -0.1) is 0 Å². The van der Waals surface area contributed by atoms with E-state index in [0.29, 0.717) is 0 Å². The van der Waals surface area contributed by atoms with Gasteiger partial charge in [-0.3, -0.25) is 14.9 Å². The molecule has 0 fully saturated rings. The molecule has 6 nitrogen and oxygen atoms in total. The summed E-state index contributed by atoms with van der Waals surface area (Å²) in [5.74, 6) is -0.459. The van der Waals surface area contributed by atoms with Crippen molar-refractivity contribution >= 4 is 22.6 Å². The number of non-ortho nitro benzene ring substituents is 1. The van der Waals surface area contributed by atoms with Crippen molar-refractivity contribution in [1.29, 1.82) is 0 Å². The molecule has 0 N–H and O–H groups in total. The van der Waals surface area contributed by atoms with Crippen molar-refractivity contribution in [3.8, 4) is 0 Å². The Bertz CT molecular complexity index is 763. The van der Waals surface area contributed by atoms with Crippen molar-refractivity contribution in [1.82, 2.24) is 4.57 Å². The van der Waals surface area contributed by atoms with E-state index >= 15 is 0 Å². The van der Waals surface area contributed by atoms with Crippen LogP contribution in [0.3, 0.4) is 0 Å². The van der Waals surface area contributed by atoms with Crippen LogP contribution in [0.2, 0.25) is 0 Å². The molecule has 2 unspecified atom stereocenters. The summed E-state index contributed by atoms with van der Waals surface area (Å²) in [5, 5.41) is 11.6. The summed E-state index contributed by atoms with van der Waals surface area (Å²) in [6, 6.07) is 6.47. The molecule has 1 aromatic heterocycles. The number of esters is 1. The number of allylic oxidation sites excluding steroid dienone is 2. The van der Waals surface area contributed by atoms with E-state index in [4.69, 9.17) is 4.74 Å². The molecule has 1 aliphatic rings. The molecule has 2 atom stereocenters. The molecule has 0 spiro atoms. The first-order valence-corrected chi connectivity index (χ1v) is 7.11. The predicted molar refractivity (Wildman–Crippen MR) is 81.5 cm³/mol. The summed E-state index contributed by atoms with van der Waals surface area (Å²) < 4.78 is 6.89. The van der Waals surface area contributed by atoms with Gasteiger partial charge in [0.05, 0.1) is 24.0 Å². The van der Waals surface area contributed by atoms with Gasteiger partial charge >= 0.3 is 5.97 Å². The third-order valence-corrected chi connectivity index (χ3v) is 4.13. The van der Waals surface area contributed by atoms with E-state index in [2.05, 4.69) is 6.08 Å². The molecule has 3 rings (SSSR count). The lowest BCUT2D eigenvalue weighted by atomic mass is 9.89. The van der Waals surface area contributed by atoms with Crippen molar-refractivity contribution in [3.05, 3.63) is 52.7 Å². The third-order valence-electron chi connectivity index (χ3n) is 4.13. The normalized spacial score (nSPS) is 21.0. The van der Waals surface area contributed by atoms with E-state index < -0.39 is 4.92 Å². The molecule has 0 amide bonds. The van der Waals surface area contributed by atoms with Crippen LogP contribution in [-0.2, 0) is 9.53 Å². The maximum atomic E-state index is 12.0. The number of rotatable bonds is 3. The Morgan fingerprint density at radius 3 is 2.95 bits per heavy atom. The Kier molecular flexibility index (Phi) is 3.66. The van der Waals surface area contributed by atoms with Crippen LogP contribution in [0.25, 0.3) is 10.9 Å². The highest BCUT2D eigenvalue weighted by Gasteiger charge is 2.30. The molecular weight excluding hydrogens is 284 g/mol. The number of nitro groups is 1. The maximum absolute atomic E-state index is 12.0. The number of aromatic nitrogens is 1. The molecule has 0 aliphatic heterocycles. The van der Waals surface area contributed by atoms with Crippen LogP contribution < -0.4 is 0 Å². The van der Waals surface area contributed by atoms with Gasteiger partial charge in [-0.25, -0.2) is 0 Å². The van der Waals surface area contributed by atoms with Gasteiger partial charge in [0.15, 0.2) is 0 Å². The van der Waals surface area contributed by atoms with Gasteiger partial charge in [0, 0.05) is 29.2 Å². The predicted octanol–water partition coefficient (Wildman–Crippen LogP) is 3.23. The summed E-state index contributed by atoms with van der Waals surface area (Å²) in [4.78, 5) is 22.4. The van der Waals surface area contributed by atoms with Crippen molar-refractivity contribution in [3.63, 3.8) is 0 Å². The third kappa shape index (κ3) is 2.36. The number of ether oxygens (including phenoxy) is 1. The zero-order valence-electron chi connectivity index (χ0n) is 12.1. The van der Waals surface area contributed by atoms with E-state index in [1.54, 1.807) is 12.1 Å². The minimum Gasteiger partial charge on any atom is -0.469 e. The fourth-order valence-electron chi connectivity index (χ4n) is 3.04. The van der Waals surface area contributed by atoms with Gasteiger partial charge in [-0.2, -0.15) is 0 Å². The molecule has 0 saturated heterocycles. The van der Waals surface area contributed by atoms with E-state index in [1.807, 2.05) is 22.9 Å². The Morgan fingerprint density at radius 2 is 2.23 bits per heavy atom. The maximum Gasteiger partial charge on any atom is 0.311 e. The summed E-state index contributed by atoms with van der Waals surface area (Å²) >= 11 is 0. The molecule has 6 heteroatoms. The molecule has 1 aromatic carbocycles. The second kappa shape index (κ2) is 5.63. The van der Waals surface area contributed by atoms with Crippen molar-refractivity contribution in [2.45, 2.75) is 18.9 Å². The summed E-state index contributed by atoms with van der Waals surface area (Å²) in [6.07, 6.45) is 7.51. The van der Waals surface area contributed by atoms with Crippen molar-refractivity contribution < 1.29 is 14.5 Å². The molecule has 0 radical (unpaired) electrons. The summed E-state index contributed by atoms with van der Waals surface area (Å²) in [7, 11) is 1.40. The average molecular weight is 300 g/mol. The number of carbonyl (C=O) groups is 1. The molecule has 0 bridgehead atoms. The zero-order valence-corrected chi connectivity index (χ0v) is 12.1. The van der Waals surface area contributed by atoms with Crippen LogP contribution in [0.4, 0.5) is 5.69 Å². The Balaban J connectivity index is 2.05.